The normalized spacial score (nSPS) is 10.7. The van der Waals surface area contributed by atoms with Crippen molar-refractivity contribution in [1.29, 1.82) is 0 Å². The molecule has 5 nitrogen and oxygen atoms in total. The molecule has 14 heavy (non-hydrogen) atoms. The smallest absolute Gasteiger partial charge is 0.262 e. The van der Waals surface area contributed by atoms with E-state index in [-0.39, 0.29) is 5.95 Å². The average Bonchev–Trinajstić information content (AvgIpc) is 2.60. The van der Waals surface area contributed by atoms with Crippen molar-refractivity contribution in [2.45, 2.75) is 13.8 Å². The Hall–Kier alpha value is -1.56. The second-order valence-electron chi connectivity index (χ2n) is 2.98. The molecule has 2 aromatic rings. The summed E-state index contributed by atoms with van der Waals surface area (Å²) in [6.07, 6.45) is 0. The number of hydrogen-bond donors (Lipinski definition) is 2. The van der Waals surface area contributed by atoms with Crippen molar-refractivity contribution in [2.75, 3.05) is 11.5 Å². The first kappa shape index (κ1) is 9.01. The second kappa shape index (κ2) is 2.98. The summed E-state index contributed by atoms with van der Waals surface area (Å²) in [6, 6.07) is 0. The Labute approximate surface area is 84.7 Å². The van der Waals surface area contributed by atoms with Gasteiger partial charge in [0.25, 0.3) is 11.8 Å². The van der Waals surface area contributed by atoms with Crippen molar-refractivity contribution in [2.24, 2.45) is 0 Å². The number of hydrogen-bond acceptors (Lipinski definition) is 6. The lowest BCUT2D eigenvalue weighted by atomic mass is 10.1. The van der Waals surface area contributed by atoms with Crippen molar-refractivity contribution in [1.82, 2.24) is 10.1 Å². The van der Waals surface area contributed by atoms with Gasteiger partial charge in [0.1, 0.15) is 0 Å². The van der Waals surface area contributed by atoms with Crippen molar-refractivity contribution < 1.29 is 4.52 Å². The highest BCUT2D eigenvalue weighted by Crippen LogP contribution is 2.37. The van der Waals surface area contributed by atoms with Gasteiger partial charge in [-0.1, -0.05) is 0 Å². The van der Waals surface area contributed by atoms with Gasteiger partial charge in [0, 0.05) is 4.88 Å². The van der Waals surface area contributed by atoms with Gasteiger partial charge >= 0.3 is 0 Å². The zero-order valence-corrected chi connectivity index (χ0v) is 8.68. The molecule has 0 saturated heterocycles. The molecule has 0 unspecified atom stereocenters. The molecule has 0 saturated carbocycles. The van der Waals surface area contributed by atoms with Gasteiger partial charge < -0.3 is 16.0 Å². The van der Waals surface area contributed by atoms with Crippen LogP contribution in [0.2, 0.25) is 0 Å². The van der Waals surface area contributed by atoms with E-state index in [4.69, 9.17) is 16.0 Å². The van der Waals surface area contributed by atoms with Crippen LogP contribution in [0.3, 0.4) is 0 Å². The summed E-state index contributed by atoms with van der Waals surface area (Å²) in [5.74, 6) is 0.518. The zero-order valence-electron chi connectivity index (χ0n) is 7.87. The molecule has 0 aromatic carbocycles. The molecular formula is C8H10N4OS. The molecule has 0 amide bonds. The van der Waals surface area contributed by atoms with E-state index >= 15 is 0 Å². The molecule has 0 spiro atoms. The molecule has 4 N–H and O–H groups in total. The Morgan fingerprint density at radius 2 is 2.00 bits per heavy atom. The summed E-state index contributed by atoms with van der Waals surface area (Å²) in [6.45, 7) is 3.97. The highest BCUT2D eigenvalue weighted by molar-refractivity contribution is 7.16. The number of nitrogens with two attached hydrogens (primary N) is 2. The summed E-state index contributed by atoms with van der Waals surface area (Å²) in [5.41, 5.74) is 13.1. The first-order chi connectivity index (χ1) is 6.59. The van der Waals surface area contributed by atoms with Crippen molar-refractivity contribution in [3.63, 3.8) is 0 Å². The number of aryl methyl sites for hydroxylation is 1. The Morgan fingerprint density at radius 3 is 2.43 bits per heavy atom. The number of nitrogen functional groups attached to an aromatic ring is 2. The molecule has 0 bridgehead atoms. The van der Waals surface area contributed by atoms with Gasteiger partial charge in [-0.05, 0) is 24.6 Å². The van der Waals surface area contributed by atoms with Crippen molar-refractivity contribution in [3.05, 3.63) is 10.4 Å². The summed E-state index contributed by atoms with van der Waals surface area (Å²) < 4.78 is 4.97. The van der Waals surface area contributed by atoms with Crippen LogP contribution in [0.5, 0.6) is 0 Å². The fraction of sp³-hybridized carbons (Fsp3) is 0.250. The topological polar surface area (TPSA) is 91.0 Å². The maximum absolute atomic E-state index is 5.83. The van der Waals surface area contributed by atoms with E-state index in [1.54, 1.807) is 0 Å². The third-order valence-electron chi connectivity index (χ3n) is 2.07. The van der Waals surface area contributed by atoms with E-state index in [9.17, 15) is 0 Å². The monoisotopic (exact) mass is 210 g/mol. The maximum Gasteiger partial charge on any atom is 0.262 e. The minimum absolute atomic E-state index is 0.127. The van der Waals surface area contributed by atoms with E-state index in [1.165, 1.54) is 11.3 Å². The lowest BCUT2D eigenvalue weighted by Crippen LogP contribution is -1.88. The first-order valence-electron chi connectivity index (χ1n) is 4.04. The van der Waals surface area contributed by atoms with Crippen molar-refractivity contribution in [3.8, 4) is 11.5 Å². The van der Waals surface area contributed by atoms with Crippen LogP contribution in [-0.4, -0.2) is 10.1 Å². The zero-order chi connectivity index (χ0) is 10.3. The Morgan fingerprint density at radius 1 is 1.29 bits per heavy atom. The standard InChI is InChI=1S/C8H10N4OS/c1-3-4(2)14-6(9)5(3)7-11-8(10)12-13-7/h9H2,1-2H3,(H2,10,12). The van der Waals surface area contributed by atoms with Gasteiger partial charge in [-0.2, -0.15) is 4.98 Å². The summed E-state index contributed by atoms with van der Waals surface area (Å²) in [5, 5.41) is 4.21. The molecular weight excluding hydrogens is 200 g/mol. The first-order valence-corrected chi connectivity index (χ1v) is 4.86. The fourth-order valence-electron chi connectivity index (χ4n) is 1.26. The molecule has 0 aliphatic carbocycles. The van der Waals surface area contributed by atoms with Gasteiger partial charge in [-0.3, -0.25) is 0 Å². The predicted octanol–water partition coefficient (Wildman–Crippen LogP) is 1.58. The summed E-state index contributed by atoms with van der Waals surface area (Å²) in [4.78, 5) is 5.09. The Bertz CT molecular complexity index is 474. The van der Waals surface area contributed by atoms with E-state index in [1.807, 2.05) is 13.8 Å². The summed E-state index contributed by atoms with van der Waals surface area (Å²) in [7, 11) is 0. The van der Waals surface area contributed by atoms with Crippen LogP contribution in [0.4, 0.5) is 10.9 Å². The average molecular weight is 210 g/mol. The Balaban J connectivity index is 2.61. The lowest BCUT2D eigenvalue weighted by molar-refractivity contribution is 0.433. The number of rotatable bonds is 1. The third-order valence-corrected chi connectivity index (χ3v) is 3.10. The van der Waals surface area contributed by atoms with E-state index in [2.05, 4.69) is 10.1 Å². The molecule has 2 heterocycles. The van der Waals surface area contributed by atoms with Crippen LogP contribution in [0.25, 0.3) is 11.5 Å². The molecule has 0 aliphatic heterocycles. The molecule has 0 radical (unpaired) electrons. The van der Waals surface area contributed by atoms with E-state index < -0.39 is 0 Å². The van der Waals surface area contributed by atoms with E-state index in [0.29, 0.717) is 10.9 Å². The number of nitrogens with zero attached hydrogens (tertiary/aromatic N) is 2. The van der Waals surface area contributed by atoms with Crippen molar-refractivity contribution >= 4 is 22.3 Å². The van der Waals surface area contributed by atoms with Crippen LogP contribution < -0.4 is 11.5 Å². The quantitative estimate of drug-likeness (QED) is 0.745. The number of anilines is 2. The largest absolute Gasteiger partial charge is 0.390 e. The van der Waals surface area contributed by atoms with Crippen LogP contribution >= 0.6 is 11.3 Å². The highest BCUT2D eigenvalue weighted by atomic mass is 32.1. The molecule has 74 valence electrons. The molecule has 6 heteroatoms. The molecule has 2 aromatic heterocycles. The lowest BCUT2D eigenvalue weighted by Gasteiger charge is -1.93. The fourth-order valence-corrected chi connectivity index (χ4v) is 2.18. The van der Waals surface area contributed by atoms with Gasteiger partial charge in [-0.25, -0.2) is 0 Å². The van der Waals surface area contributed by atoms with Crippen LogP contribution in [0.1, 0.15) is 10.4 Å². The number of aromatic nitrogens is 2. The predicted molar refractivity (Wildman–Crippen MR) is 55.9 cm³/mol. The molecule has 0 aliphatic rings. The van der Waals surface area contributed by atoms with Crippen LogP contribution in [0, 0.1) is 13.8 Å². The maximum atomic E-state index is 5.83. The SMILES string of the molecule is Cc1sc(N)c(-c2nc(N)no2)c1C. The third kappa shape index (κ3) is 1.24. The van der Waals surface area contributed by atoms with E-state index in [0.717, 1.165) is 16.0 Å². The van der Waals surface area contributed by atoms with Gasteiger partial charge in [0.05, 0.1) is 10.6 Å². The second-order valence-corrected chi connectivity index (χ2v) is 4.24. The van der Waals surface area contributed by atoms with Gasteiger partial charge in [-0.15, -0.1) is 11.3 Å². The molecule has 2 rings (SSSR count). The van der Waals surface area contributed by atoms with Crippen LogP contribution in [0.15, 0.2) is 4.52 Å². The van der Waals surface area contributed by atoms with Crippen LogP contribution in [-0.2, 0) is 0 Å². The highest BCUT2D eigenvalue weighted by Gasteiger charge is 2.17. The minimum atomic E-state index is 0.127. The summed E-state index contributed by atoms with van der Waals surface area (Å²) >= 11 is 1.51. The molecule has 0 atom stereocenters. The minimum Gasteiger partial charge on any atom is -0.390 e. The van der Waals surface area contributed by atoms with Gasteiger partial charge in [0.15, 0.2) is 0 Å². The number of thiophene rings is 1. The Kier molecular flexibility index (Phi) is 1.92. The van der Waals surface area contributed by atoms with Gasteiger partial charge in [0.2, 0.25) is 0 Å². The molecule has 0 fully saturated rings.